The molecule has 6 nitrogen and oxygen atoms in total. The van der Waals surface area contributed by atoms with Gasteiger partial charge in [0.05, 0.1) is 18.4 Å². The summed E-state index contributed by atoms with van der Waals surface area (Å²) in [6.45, 7) is 0.320. The van der Waals surface area contributed by atoms with Crippen molar-refractivity contribution >= 4 is 17.6 Å². The highest BCUT2D eigenvalue weighted by Crippen LogP contribution is 2.23. The van der Waals surface area contributed by atoms with E-state index in [0.717, 1.165) is 5.56 Å². The molecule has 0 fully saturated rings. The van der Waals surface area contributed by atoms with Crippen LogP contribution in [0.4, 0.5) is 5.69 Å². The maximum atomic E-state index is 12.3. The van der Waals surface area contributed by atoms with Gasteiger partial charge in [0.25, 0.3) is 5.91 Å². The van der Waals surface area contributed by atoms with Gasteiger partial charge in [-0.15, -0.1) is 0 Å². The number of nitrogens with one attached hydrogen (secondary N) is 1. The van der Waals surface area contributed by atoms with Crippen LogP contribution in [0.15, 0.2) is 42.5 Å². The molecule has 2 aromatic rings. The average molecular weight is 300 g/mol. The Kier molecular flexibility index (Phi) is 4.75. The first kappa shape index (κ1) is 15.5. The number of ether oxygens (including phenoxy) is 1. The van der Waals surface area contributed by atoms with Crippen LogP contribution in [0.2, 0.25) is 0 Å². The fourth-order valence-corrected chi connectivity index (χ4v) is 1.97. The lowest BCUT2D eigenvalue weighted by atomic mass is 10.1. The molecule has 0 spiro atoms. The van der Waals surface area contributed by atoms with E-state index in [2.05, 4.69) is 5.32 Å². The molecule has 0 aliphatic carbocycles. The predicted molar refractivity (Wildman–Crippen MR) is 82.2 cm³/mol. The van der Waals surface area contributed by atoms with E-state index < -0.39 is 11.9 Å². The first-order valence-electron chi connectivity index (χ1n) is 6.57. The number of methoxy groups -OCH3 is 1. The number of carbonyl (C=O) groups is 2. The topological polar surface area (TPSA) is 102 Å². The molecular formula is C16H16N2O4. The van der Waals surface area contributed by atoms with Gasteiger partial charge in [0.1, 0.15) is 5.75 Å². The smallest absolute Gasteiger partial charge is 0.337 e. The average Bonchev–Trinajstić information content (AvgIpc) is 2.54. The number of nitrogens with two attached hydrogens (primary N) is 1. The van der Waals surface area contributed by atoms with Crippen molar-refractivity contribution in [3.05, 3.63) is 59.2 Å². The molecule has 0 unspecified atom stereocenters. The molecule has 2 aromatic carbocycles. The van der Waals surface area contributed by atoms with Crippen molar-refractivity contribution in [2.75, 3.05) is 12.4 Å². The number of carbonyl (C=O) groups excluding carboxylic acids is 1. The third kappa shape index (κ3) is 3.42. The van der Waals surface area contributed by atoms with E-state index in [-0.39, 0.29) is 11.3 Å². The number of aromatic carboxylic acids is 1. The summed E-state index contributed by atoms with van der Waals surface area (Å²) >= 11 is 0. The van der Waals surface area contributed by atoms with Gasteiger partial charge in [-0.25, -0.2) is 4.79 Å². The van der Waals surface area contributed by atoms with E-state index in [4.69, 9.17) is 10.5 Å². The fourth-order valence-electron chi connectivity index (χ4n) is 1.97. The minimum Gasteiger partial charge on any atom is -0.497 e. The van der Waals surface area contributed by atoms with Crippen molar-refractivity contribution in [1.82, 2.24) is 0 Å². The molecule has 0 aromatic heterocycles. The Morgan fingerprint density at radius 1 is 1.23 bits per heavy atom. The number of hydrogen-bond acceptors (Lipinski definition) is 4. The molecule has 0 aliphatic rings. The molecule has 0 saturated heterocycles. The molecule has 0 saturated carbocycles. The van der Waals surface area contributed by atoms with Gasteiger partial charge in [0, 0.05) is 18.2 Å². The van der Waals surface area contributed by atoms with E-state index >= 15 is 0 Å². The molecule has 0 bridgehead atoms. The van der Waals surface area contributed by atoms with Crippen LogP contribution in [0.25, 0.3) is 0 Å². The Bertz CT molecular complexity index is 713. The highest BCUT2D eigenvalue weighted by Gasteiger charge is 2.15. The van der Waals surface area contributed by atoms with Crippen molar-refractivity contribution in [1.29, 1.82) is 0 Å². The summed E-state index contributed by atoms with van der Waals surface area (Å²) in [6.07, 6.45) is 0. The zero-order chi connectivity index (χ0) is 16.1. The summed E-state index contributed by atoms with van der Waals surface area (Å²) in [7, 11) is 1.46. The van der Waals surface area contributed by atoms with E-state index in [1.807, 2.05) is 6.07 Å². The monoisotopic (exact) mass is 300 g/mol. The molecule has 114 valence electrons. The second-order valence-corrected chi connectivity index (χ2v) is 4.58. The zero-order valence-electron chi connectivity index (χ0n) is 12.0. The Balaban J connectivity index is 2.32. The summed E-state index contributed by atoms with van der Waals surface area (Å²) in [4.78, 5) is 23.5. The quantitative estimate of drug-likeness (QED) is 0.785. The van der Waals surface area contributed by atoms with E-state index in [1.165, 1.54) is 25.3 Å². The summed E-state index contributed by atoms with van der Waals surface area (Å²) in [6, 6.07) is 11.2. The van der Waals surface area contributed by atoms with E-state index in [1.54, 1.807) is 18.2 Å². The van der Waals surface area contributed by atoms with Crippen LogP contribution in [0, 0.1) is 0 Å². The van der Waals surface area contributed by atoms with Gasteiger partial charge in [-0.1, -0.05) is 12.1 Å². The number of rotatable bonds is 5. The summed E-state index contributed by atoms with van der Waals surface area (Å²) < 4.78 is 5.05. The van der Waals surface area contributed by atoms with E-state index in [0.29, 0.717) is 17.9 Å². The number of carboxylic acids is 1. The van der Waals surface area contributed by atoms with Gasteiger partial charge in [0.15, 0.2) is 0 Å². The normalized spacial score (nSPS) is 10.1. The van der Waals surface area contributed by atoms with Crippen LogP contribution in [-0.2, 0) is 6.54 Å². The number of hydrogen-bond donors (Lipinski definition) is 3. The van der Waals surface area contributed by atoms with Crippen LogP contribution in [0.3, 0.4) is 0 Å². The zero-order valence-corrected chi connectivity index (χ0v) is 12.0. The van der Waals surface area contributed by atoms with Crippen molar-refractivity contribution in [2.24, 2.45) is 5.73 Å². The number of amides is 1. The second-order valence-electron chi connectivity index (χ2n) is 4.58. The highest BCUT2D eigenvalue weighted by molar-refractivity contribution is 6.08. The minimum atomic E-state index is -1.13. The molecule has 22 heavy (non-hydrogen) atoms. The number of benzene rings is 2. The van der Waals surface area contributed by atoms with Crippen LogP contribution in [-0.4, -0.2) is 24.1 Å². The molecule has 0 aliphatic heterocycles. The standard InChI is InChI=1S/C16H16N2O4/c1-22-12-5-6-13(16(20)21)14(8-12)18-15(19)11-4-2-3-10(7-11)9-17/h2-8H,9,17H2,1H3,(H,18,19)(H,20,21). The molecule has 1 amide bonds. The van der Waals surface area contributed by atoms with Crippen LogP contribution in [0.1, 0.15) is 26.3 Å². The third-order valence-electron chi connectivity index (χ3n) is 3.13. The number of anilines is 1. The van der Waals surface area contributed by atoms with Crippen molar-refractivity contribution in [2.45, 2.75) is 6.54 Å². The Hall–Kier alpha value is -2.86. The molecule has 0 radical (unpaired) electrons. The Morgan fingerprint density at radius 2 is 2.00 bits per heavy atom. The van der Waals surface area contributed by atoms with Gasteiger partial charge in [-0.2, -0.15) is 0 Å². The Labute approximate surface area is 127 Å². The summed E-state index contributed by atoms with van der Waals surface area (Å²) in [5.74, 6) is -1.09. The van der Waals surface area contributed by atoms with Gasteiger partial charge >= 0.3 is 5.97 Å². The molecule has 6 heteroatoms. The van der Waals surface area contributed by atoms with Crippen LogP contribution >= 0.6 is 0 Å². The summed E-state index contributed by atoms with van der Waals surface area (Å²) in [5.41, 5.74) is 6.93. The number of carboxylic acid groups (broad SMARTS) is 1. The van der Waals surface area contributed by atoms with Crippen LogP contribution < -0.4 is 15.8 Å². The van der Waals surface area contributed by atoms with E-state index in [9.17, 15) is 14.7 Å². The van der Waals surface area contributed by atoms with Gasteiger partial charge in [-0.3, -0.25) is 4.79 Å². The largest absolute Gasteiger partial charge is 0.497 e. The third-order valence-corrected chi connectivity index (χ3v) is 3.13. The minimum absolute atomic E-state index is 0.0101. The second kappa shape index (κ2) is 6.73. The molecule has 2 rings (SSSR count). The van der Waals surface area contributed by atoms with Crippen molar-refractivity contribution in [3.63, 3.8) is 0 Å². The van der Waals surface area contributed by atoms with Gasteiger partial charge in [0.2, 0.25) is 0 Å². The summed E-state index contributed by atoms with van der Waals surface area (Å²) in [5, 5.41) is 11.8. The maximum absolute atomic E-state index is 12.3. The molecule has 0 atom stereocenters. The predicted octanol–water partition coefficient (Wildman–Crippen LogP) is 2.10. The lowest BCUT2D eigenvalue weighted by Gasteiger charge is -2.11. The first-order chi connectivity index (χ1) is 10.5. The van der Waals surface area contributed by atoms with Crippen molar-refractivity contribution in [3.8, 4) is 5.75 Å². The highest BCUT2D eigenvalue weighted by atomic mass is 16.5. The SMILES string of the molecule is COc1ccc(C(=O)O)c(NC(=O)c2cccc(CN)c2)c1. The first-order valence-corrected chi connectivity index (χ1v) is 6.57. The molecular weight excluding hydrogens is 284 g/mol. The molecule has 0 heterocycles. The Morgan fingerprint density at radius 3 is 2.64 bits per heavy atom. The van der Waals surface area contributed by atoms with Gasteiger partial charge < -0.3 is 20.9 Å². The van der Waals surface area contributed by atoms with Crippen molar-refractivity contribution < 1.29 is 19.4 Å². The fraction of sp³-hybridized carbons (Fsp3) is 0.125. The van der Waals surface area contributed by atoms with Crippen LogP contribution in [0.5, 0.6) is 5.75 Å². The maximum Gasteiger partial charge on any atom is 0.337 e. The molecule has 4 N–H and O–H groups in total. The van der Waals surface area contributed by atoms with Gasteiger partial charge in [-0.05, 0) is 29.8 Å². The lowest BCUT2D eigenvalue weighted by Crippen LogP contribution is -2.15. The lowest BCUT2D eigenvalue weighted by molar-refractivity contribution is 0.0698.